The minimum absolute atomic E-state index is 0. The lowest BCUT2D eigenvalue weighted by Gasteiger charge is -1.97. The molecule has 1 aromatic rings. The van der Waals surface area contributed by atoms with Crippen LogP contribution in [0.15, 0.2) is 24.3 Å². The number of halogens is 1. The highest BCUT2D eigenvalue weighted by Crippen LogP contribution is 2.12. The van der Waals surface area contributed by atoms with Gasteiger partial charge in [-0.1, -0.05) is 12.1 Å². The highest BCUT2D eigenvalue weighted by molar-refractivity contribution is 5.75. The van der Waals surface area contributed by atoms with E-state index in [4.69, 9.17) is 15.6 Å². The monoisotopic (exact) mass is 228 g/mol. The fourth-order valence-corrected chi connectivity index (χ4v) is 1.03. The lowest BCUT2D eigenvalue weighted by molar-refractivity contribution is -0.137. The van der Waals surface area contributed by atoms with Crippen molar-refractivity contribution in [1.82, 2.24) is 0 Å². The summed E-state index contributed by atoms with van der Waals surface area (Å²) in [7, 11) is 0. The molecule has 0 aliphatic heterocycles. The van der Waals surface area contributed by atoms with Gasteiger partial charge in [0.25, 0.3) is 0 Å². The Kier molecular flexibility index (Phi) is 5.13. The molecule has 0 aromatic heterocycles. The third kappa shape index (κ3) is 3.83. The molecule has 1 rings (SSSR count). The molecule has 0 aliphatic carbocycles. The van der Waals surface area contributed by atoms with Gasteiger partial charge >= 0.3 is 12.0 Å². The maximum Gasteiger partial charge on any atom is 0.411 e. The van der Waals surface area contributed by atoms with Gasteiger partial charge in [-0.15, -0.1) is 0 Å². The van der Waals surface area contributed by atoms with Gasteiger partial charge in [-0.3, -0.25) is 0 Å². The van der Waals surface area contributed by atoms with Crippen LogP contribution in [0.25, 0.3) is 4.98 Å². The average molecular weight is 229 g/mol. The number of rotatable bonds is 3. The molecule has 0 amide bonds. The molecule has 6 heteroatoms. The largest absolute Gasteiger partial charge is 1.00 e. The maximum absolute atomic E-state index is 10.5. The minimum Gasteiger partial charge on any atom is -1.00 e. The van der Waals surface area contributed by atoms with Crippen molar-refractivity contribution < 1.29 is 27.4 Å². The number of phenolic OH excluding ortho intramolecular Hbond substituents is 1. The van der Waals surface area contributed by atoms with Gasteiger partial charge in [0.2, 0.25) is 5.39 Å². The van der Waals surface area contributed by atoms with E-state index in [-0.39, 0.29) is 24.6 Å². The third-order valence-corrected chi connectivity index (χ3v) is 1.79. The zero-order valence-electron chi connectivity index (χ0n) is 7.67. The van der Waals surface area contributed by atoms with E-state index in [1.807, 2.05) is 0 Å². The summed E-state index contributed by atoms with van der Waals surface area (Å²) in [6.07, 6.45) is 0.103. The van der Waals surface area contributed by atoms with Gasteiger partial charge in [0.1, 0.15) is 10.7 Å². The molecule has 5 nitrogen and oxygen atoms in total. The Morgan fingerprint density at radius 3 is 2.33 bits per heavy atom. The highest BCUT2D eigenvalue weighted by atomic mass is 35.5. The molecule has 1 atom stereocenters. The lowest BCUT2D eigenvalue weighted by Crippen LogP contribution is -3.00. The van der Waals surface area contributed by atoms with E-state index in [0.717, 1.165) is 0 Å². The van der Waals surface area contributed by atoms with Crippen LogP contribution in [0.5, 0.6) is 5.75 Å². The topological polar surface area (TPSA) is 85.7 Å². The predicted molar refractivity (Wildman–Crippen MR) is 48.3 cm³/mol. The van der Waals surface area contributed by atoms with Crippen molar-refractivity contribution in [3.8, 4) is 5.75 Å². The third-order valence-electron chi connectivity index (χ3n) is 1.79. The molecular weight excluding hydrogens is 220 g/mol. The highest BCUT2D eigenvalue weighted by Gasteiger charge is 2.29. The maximum atomic E-state index is 10.5. The van der Waals surface area contributed by atoms with E-state index >= 15 is 0 Å². The van der Waals surface area contributed by atoms with Gasteiger partial charge in [-0.25, -0.2) is 4.79 Å². The van der Waals surface area contributed by atoms with Gasteiger partial charge < -0.3 is 22.6 Å². The Hall–Kier alpha value is -1.80. The van der Waals surface area contributed by atoms with E-state index in [1.54, 1.807) is 12.1 Å². The molecule has 0 aliphatic rings. The number of phenols is 1. The number of diazo groups is 1. The van der Waals surface area contributed by atoms with Gasteiger partial charge in [0.05, 0.1) is 6.42 Å². The first kappa shape index (κ1) is 13.2. The zero-order valence-corrected chi connectivity index (χ0v) is 8.42. The van der Waals surface area contributed by atoms with Gasteiger partial charge in [-0.05, 0) is 17.7 Å². The fourth-order valence-electron chi connectivity index (χ4n) is 1.03. The molecule has 0 unspecified atom stereocenters. The summed E-state index contributed by atoms with van der Waals surface area (Å²) in [6, 6.07) is 4.91. The average Bonchev–Trinajstić information content (AvgIpc) is 2.16. The van der Waals surface area contributed by atoms with Gasteiger partial charge in [-0.2, -0.15) is 0 Å². The first-order valence-corrected chi connectivity index (χ1v) is 3.98. The molecule has 2 N–H and O–H groups in total. The molecule has 80 valence electrons. The molecule has 0 fully saturated rings. The van der Waals surface area contributed by atoms with Crippen LogP contribution in [-0.2, 0) is 11.2 Å². The van der Waals surface area contributed by atoms with Crippen LogP contribution >= 0.6 is 0 Å². The van der Waals surface area contributed by atoms with Crippen LogP contribution in [0, 0.1) is 5.39 Å². The second-order valence-corrected chi connectivity index (χ2v) is 2.84. The predicted octanol–water partition coefficient (Wildman–Crippen LogP) is -1.76. The number of hydrogen-bond donors (Lipinski definition) is 2. The minimum atomic E-state index is -1.18. The summed E-state index contributed by atoms with van der Waals surface area (Å²) in [4.78, 5) is 13.2. The van der Waals surface area contributed by atoms with Crippen molar-refractivity contribution >= 4 is 5.97 Å². The smallest absolute Gasteiger partial charge is 0.411 e. The summed E-state index contributed by atoms with van der Waals surface area (Å²) in [5, 5.41) is 26.0. The van der Waals surface area contributed by atoms with Gasteiger partial charge in [0.15, 0.2) is 0 Å². The van der Waals surface area contributed by atoms with Crippen molar-refractivity contribution in [2.75, 3.05) is 0 Å². The molecule has 1 aromatic carbocycles. The zero-order chi connectivity index (χ0) is 10.6. The molecular formula is C9H9ClN2O3. The molecule has 0 saturated heterocycles. The van der Waals surface area contributed by atoms with E-state index in [0.29, 0.717) is 5.56 Å². The van der Waals surface area contributed by atoms with E-state index in [9.17, 15) is 4.79 Å². The number of nitrogens with zero attached hydrogens (tertiary/aromatic N) is 2. The van der Waals surface area contributed by atoms with Crippen molar-refractivity contribution in [1.29, 1.82) is 5.39 Å². The van der Waals surface area contributed by atoms with Crippen molar-refractivity contribution in [3.63, 3.8) is 0 Å². The number of carboxylic acids is 1. The van der Waals surface area contributed by atoms with Crippen molar-refractivity contribution in [2.45, 2.75) is 12.5 Å². The first-order chi connectivity index (χ1) is 6.63. The standard InChI is InChI=1S/C9H8N2O3.ClH/c10-11-8(9(13)14)5-6-1-3-7(12)4-2-6;/h1-4,8H,5H2,(H-,12,13,14);1H/t8-;/m0./s1. The van der Waals surface area contributed by atoms with E-state index in [1.165, 1.54) is 12.1 Å². The van der Waals surface area contributed by atoms with Crippen LogP contribution in [0.2, 0.25) is 0 Å². The molecule has 0 radical (unpaired) electrons. The summed E-state index contributed by atoms with van der Waals surface area (Å²) in [5.41, 5.74) is 0.688. The summed E-state index contributed by atoms with van der Waals surface area (Å²) in [6.45, 7) is 0. The van der Waals surface area contributed by atoms with Crippen LogP contribution in [0.3, 0.4) is 0 Å². The Bertz CT molecular complexity index is 372. The quantitative estimate of drug-likeness (QED) is 0.601. The number of carbonyl (C=O) groups is 1. The lowest BCUT2D eigenvalue weighted by atomic mass is 10.1. The second kappa shape index (κ2) is 5.83. The molecule has 0 bridgehead atoms. The number of aliphatic carboxylic acids is 1. The molecule has 0 heterocycles. The number of hydrogen-bond acceptors (Lipinski definition) is 3. The van der Waals surface area contributed by atoms with Crippen molar-refractivity contribution in [2.24, 2.45) is 0 Å². The van der Waals surface area contributed by atoms with Gasteiger partial charge in [0, 0.05) is 0 Å². The summed E-state index contributed by atoms with van der Waals surface area (Å²) >= 11 is 0. The first-order valence-electron chi connectivity index (χ1n) is 3.98. The second-order valence-electron chi connectivity index (χ2n) is 2.84. The number of benzene rings is 1. The Balaban J connectivity index is 0.00000196. The summed E-state index contributed by atoms with van der Waals surface area (Å²) < 4.78 is 0. The Morgan fingerprint density at radius 1 is 1.40 bits per heavy atom. The Morgan fingerprint density at radius 2 is 1.93 bits per heavy atom. The summed E-state index contributed by atoms with van der Waals surface area (Å²) in [5.74, 6) is -1.07. The van der Waals surface area contributed by atoms with Crippen LogP contribution < -0.4 is 12.4 Å². The number of carboxylic acid groups (broad SMARTS) is 1. The number of aromatic hydroxyl groups is 1. The SMILES string of the molecule is N#[N+][C@@H](Cc1ccc(O)cc1)C(=O)O.[Cl-]. The van der Waals surface area contributed by atoms with Crippen LogP contribution in [-0.4, -0.2) is 22.2 Å². The van der Waals surface area contributed by atoms with Crippen LogP contribution in [0.4, 0.5) is 0 Å². The molecule has 0 saturated carbocycles. The van der Waals surface area contributed by atoms with Crippen LogP contribution in [0.1, 0.15) is 5.56 Å². The van der Waals surface area contributed by atoms with E-state index in [2.05, 4.69) is 4.98 Å². The molecule has 0 spiro atoms. The Labute approximate surface area is 92.4 Å². The fraction of sp³-hybridized carbons (Fsp3) is 0.222. The van der Waals surface area contributed by atoms with Crippen molar-refractivity contribution in [3.05, 3.63) is 34.8 Å². The molecule has 15 heavy (non-hydrogen) atoms. The van der Waals surface area contributed by atoms with E-state index < -0.39 is 12.0 Å². The normalized spacial score (nSPS) is 10.9.